The molecule has 5 heteroatoms. The Bertz CT molecular complexity index is 790. The van der Waals surface area contributed by atoms with Gasteiger partial charge in [0.1, 0.15) is 11.5 Å². The molecule has 1 N–H and O–H groups in total. The molecular formula is C19H24N2O3. The maximum atomic E-state index is 13.1. The van der Waals surface area contributed by atoms with Crippen LogP contribution in [0.4, 0.5) is 0 Å². The first-order valence-electron chi connectivity index (χ1n) is 8.58. The van der Waals surface area contributed by atoms with Crippen LogP contribution in [0.15, 0.2) is 33.6 Å². The number of piperidine rings is 1. The first-order valence-corrected chi connectivity index (χ1v) is 8.58. The van der Waals surface area contributed by atoms with E-state index in [1.54, 1.807) is 6.92 Å². The molecule has 0 saturated carbocycles. The highest BCUT2D eigenvalue weighted by molar-refractivity contribution is 5.95. The fourth-order valence-corrected chi connectivity index (χ4v) is 3.38. The van der Waals surface area contributed by atoms with Gasteiger partial charge >= 0.3 is 0 Å². The second kappa shape index (κ2) is 6.67. The summed E-state index contributed by atoms with van der Waals surface area (Å²) in [5.41, 5.74) is 1.07. The summed E-state index contributed by atoms with van der Waals surface area (Å²) >= 11 is 0. The Hall–Kier alpha value is -2.30. The molecule has 2 aromatic rings. The lowest BCUT2D eigenvalue weighted by Gasteiger charge is -2.37. The van der Waals surface area contributed by atoms with Crippen LogP contribution >= 0.6 is 0 Å². The van der Waals surface area contributed by atoms with E-state index in [0.717, 1.165) is 30.8 Å². The normalized spacial score (nSPS) is 21.0. The Balaban J connectivity index is 1.93. The number of aromatic nitrogens is 1. The predicted octanol–water partition coefficient (Wildman–Crippen LogP) is 3.45. The van der Waals surface area contributed by atoms with E-state index in [4.69, 9.17) is 4.42 Å². The van der Waals surface area contributed by atoms with E-state index >= 15 is 0 Å². The summed E-state index contributed by atoms with van der Waals surface area (Å²) in [6.07, 6.45) is 4.24. The van der Waals surface area contributed by atoms with Crippen LogP contribution < -0.4 is 5.56 Å². The second-order valence-electron chi connectivity index (χ2n) is 6.70. The molecule has 0 spiro atoms. The minimum absolute atomic E-state index is 0.0462. The molecule has 1 aliphatic rings. The number of aryl methyl sites for hydroxylation is 2. The highest BCUT2D eigenvalue weighted by atomic mass is 16.3. The lowest BCUT2D eigenvalue weighted by atomic mass is 9.90. The first kappa shape index (κ1) is 16.6. The second-order valence-corrected chi connectivity index (χ2v) is 6.70. The van der Waals surface area contributed by atoms with Gasteiger partial charge in [-0.05, 0) is 43.4 Å². The van der Waals surface area contributed by atoms with Crippen LogP contribution in [0.5, 0.6) is 0 Å². The van der Waals surface area contributed by atoms with Gasteiger partial charge in [-0.25, -0.2) is 0 Å². The molecule has 128 valence electrons. The van der Waals surface area contributed by atoms with Crippen molar-refractivity contribution in [2.24, 2.45) is 5.92 Å². The summed E-state index contributed by atoms with van der Waals surface area (Å²) in [5, 5.41) is 0. The molecule has 24 heavy (non-hydrogen) atoms. The number of carbonyl (C=O) groups excluding carboxylic acids is 1. The number of H-pyrrole nitrogens is 1. The van der Waals surface area contributed by atoms with E-state index in [1.165, 1.54) is 12.3 Å². The Labute approximate surface area is 141 Å². The van der Waals surface area contributed by atoms with Crippen LogP contribution in [0, 0.1) is 12.8 Å². The third kappa shape index (κ3) is 3.16. The van der Waals surface area contributed by atoms with E-state index in [9.17, 15) is 9.59 Å². The molecule has 1 fully saturated rings. The molecule has 3 rings (SSSR count). The van der Waals surface area contributed by atoms with Gasteiger partial charge in [0.2, 0.25) is 5.56 Å². The van der Waals surface area contributed by atoms with Gasteiger partial charge in [-0.3, -0.25) is 9.59 Å². The van der Waals surface area contributed by atoms with Crippen LogP contribution in [-0.2, 0) is 6.42 Å². The monoisotopic (exact) mass is 328 g/mol. The summed E-state index contributed by atoms with van der Waals surface area (Å²) in [6, 6.07) is 5.40. The fraction of sp³-hybridized carbons (Fsp3) is 0.474. The largest absolute Gasteiger partial charge is 0.464 e. The van der Waals surface area contributed by atoms with Gasteiger partial charge in [-0.2, -0.15) is 0 Å². The topological polar surface area (TPSA) is 66.3 Å². The minimum atomic E-state index is -0.188. The van der Waals surface area contributed by atoms with E-state index in [2.05, 4.69) is 18.8 Å². The highest BCUT2D eigenvalue weighted by Gasteiger charge is 2.34. The number of nitrogens with zero attached hydrogens (tertiary/aromatic N) is 1. The molecule has 0 aliphatic carbocycles. The van der Waals surface area contributed by atoms with Gasteiger partial charge in [0, 0.05) is 25.2 Å². The molecular weight excluding hydrogens is 304 g/mol. The van der Waals surface area contributed by atoms with Crippen LogP contribution in [0.1, 0.15) is 60.2 Å². The molecule has 0 radical (unpaired) electrons. The molecule has 2 aromatic heterocycles. The molecule has 1 saturated heterocycles. The lowest BCUT2D eigenvalue weighted by molar-refractivity contribution is 0.0517. The summed E-state index contributed by atoms with van der Waals surface area (Å²) in [7, 11) is 0. The summed E-state index contributed by atoms with van der Waals surface area (Å²) < 4.78 is 5.93. The molecule has 5 nitrogen and oxygen atoms in total. The van der Waals surface area contributed by atoms with Crippen molar-refractivity contribution in [1.29, 1.82) is 0 Å². The number of hydrogen-bond acceptors (Lipinski definition) is 3. The molecule has 2 atom stereocenters. The van der Waals surface area contributed by atoms with Crippen LogP contribution in [0.2, 0.25) is 0 Å². The Morgan fingerprint density at radius 3 is 2.88 bits per heavy atom. The fourth-order valence-electron chi connectivity index (χ4n) is 3.38. The van der Waals surface area contributed by atoms with Crippen molar-refractivity contribution in [3.8, 4) is 0 Å². The molecule has 0 bridgehead atoms. The molecule has 1 aliphatic heterocycles. The number of nitrogens with one attached hydrogen (secondary N) is 1. The van der Waals surface area contributed by atoms with Gasteiger partial charge in [0.15, 0.2) is 0 Å². The highest BCUT2D eigenvalue weighted by Crippen LogP contribution is 2.36. The number of furan rings is 1. The van der Waals surface area contributed by atoms with Crippen molar-refractivity contribution < 1.29 is 9.21 Å². The van der Waals surface area contributed by atoms with Crippen molar-refractivity contribution in [2.45, 2.75) is 46.1 Å². The molecule has 0 aromatic carbocycles. The Morgan fingerprint density at radius 1 is 1.42 bits per heavy atom. The maximum absolute atomic E-state index is 13.1. The maximum Gasteiger partial charge on any atom is 0.256 e. The number of hydrogen-bond donors (Lipinski definition) is 1. The lowest BCUT2D eigenvalue weighted by Crippen LogP contribution is -2.41. The van der Waals surface area contributed by atoms with E-state index in [1.807, 2.05) is 17.0 Å². The zero-order valence-corrected chi connectivity index (χ0v) is 14.5. The third-order valence-electron chi connectivity index (χ3n) is 4.85. The van der Waals surface area contributed by atoms with Gasteiger partial charge in [-0.15, -0.1) is 0 Å². The number of aromatic amines is 1. The smallest absolute Gasteiger partial charge is 0.256 e. The number of likely N-dealkylation sites (tertiary alicyclic amines) is 1. The van der Waals surface area contributed by atoms with E-state index < -0.39 is 0 Å². The molecule has 0 unspecified atom stereocenters. The standard InChI is InChI=1S/C19H24N2O3/c1-4-14-5-6-17(24-14)16-9-12(2)7-8-21(16)19(23)15-11-20-18(22)10-13(15)3/h5-6,10-12,16H,4,7-9H2,1-3H3,(H,20,22)/t12-,16-/m0/s1. The average Bonchev–Trinajstić information content (AvgIpc) is 3.03. The van der Waals surface area contributed by atoms with Crippen molar-refractivity contribution in [3.63, 3.8) is 0 Å². The van der Waals surface area contributed by atoms with Gasteiger partial charge in [-0.1, -0.05) is 13.8 Å². The number of rotatable bonds is 3. The average molecular weight is 328 g/mol. The van der Waals surface area contributed by atoms with Crippen molar-refractivity contribution in [2.75, 3.05) is 6.54 Å². The van der Waals surface area contributed by atoms with Crippen molar-refractivity contribution >= 4 is 5.91 Å². The molecule has 3 heterocycles. The van der Waals surface area contributed by atoms with Gasteiger partial charge in [0.05, 0.1) is 11.6 Å². The predicted molar refractivity (Wildman–Crippen MR) is 92.1 cm³/mol. The summed E-state index contributed by atoms with van der Waals surface area (Å²) in [4.78, 5) is 29.0. The SMILES string of the molecule is CCc1ccc([C@@H]2C[C@@H](C)CCN2C(=O)c2c[nH]c(=O)cc2C)o1. The third-order valence-corrected chi connectivity index (χ3v) is 4.85. The zero-order chi connectivity index (χ0) is 17.3. The van der Waals surface area contributed by atoms with Crippen LogP contribution in [-0.4, -0.2) is 22.3 Å². The summed E-state index contributed by atoms with van der Waals surface area (Å²) in [6.45, 7) is 6.76. The van der Waals surface area contributed by atoms with Crippen molar-refractivity contribution in [1.82, 2.24) is 9.88 Å². The summed E-state index contributed by atoms with van der Waals surface area (Å²) in [5.74, 6) is 2.30. The Morgan fingerprint density at radius 2 is 2.21 bits per heavy atom. The number of carbonyl (C=O) groups is 1. The van der Waals surface area contributed by atoms with Crippen LogP contribution in [0.25, 0.3) is 0 Å². The number of amides is 1. The number of pyridine rings is 1. The van der Waals surface area contributed by atoms with Gasteiger partial charge in [0.25, 0.3) is 5.91 Å². The quantitative estimate of drug-likeness (QED) is 0.938. The minimum Gasteiger partial charge on any atom is -0.464 e. The molecule has 1 amide bonds. The van der Waals surface area contributed by atoms with Gasteiger partial charge < -0.3 is 14.3 Å². The van der Waals surface area contributed by atoms with E-state index in [0.29, 0.717) is 23.6 Å². The zero-order valence-electron chi connectivity index (χ0n) is 14.5. The van der Waals surface area contributed by atoms with Crippen molar-refractivity contribution in [3.05, 3.63) is 57.4 Å². The first-order chi connectivity index (χ1) is 11.5. The Kier molecular flexibility index (Phi) is 4.60. The van der Waals surface area contributed by atoms with E-state index in [-0.39, 0.29) is 17.5 Å². The van der Waals surface area contributed by atoms with Crippen LogP contribution in [0.3, 0.4) is 0 Å².